The van der Waals surface area contributed by atoms with E-state index in [0.29, 0.717) is 0 Å². The molecule has 0 radical (unpaired) electrons. The van der Waals surface area contributed by atoms with Crippen molar-refractivity contribution in [3.8, 4) is 0 Å². The topological polar surface area (TPSA) is 41.6 Å². The Balaban J connectivity index is 2.37. The Kier molecular flexibility index (Phi) is 4.23. The lowest BCUT2D eigenvalue weighted by Crippen LogP contribution is -2.30. The van der Waals surface area contributed by atoms with E-state index in [9.17, 15) is 0 Å². The second-order valence-corrected chi connectivity index (χ2v) is 5.30. The van der Waals surface area contributed by atoms with Crippen molar-refractivity contribution in [2.75, 3.05) is 19.3 Å². The van der Waals surface area contributed by atoms with Gasteiger partial charge in [0.05, 0.1) is 0 Å². The number of amidine groups is 1. The van der Waals surface area contributed by atoms with E-state index in [0.717, 1.165) is 34.3 Å². The third kappa shape index (κ3) is 2.55. The molecule has 1 heterocycles. The second-order valence-electron chi connectivity index (χ2n) is 4.00. The van der Waals surface area contributed by atoms with Crippen LogP contribution in [0.25, 0.3) is 0 Å². The van der Waals surface area contributed by atoms with Gasteiger partial charge in [0.25, 0.3) is 0 Å². The smallest absolute Gasteiger partial charge is 0.156 e. The number of rotatable bonds is 2. The van der Waals surface area contributed by atoms with Gasteiger partial charge >= 0.3 is 0 Å². The van der Waals surface area contributed by atoms with Crippen molar-refractivity contribution in [3.05, 3.63) is 23.8 Å². The summed E-state index contributed by atoms with van der Waals surface area (Å²) in [5, 5.41) is 3.96. The third-order valence-electron chi connectivity index (χ3n) is 2.99. The molecule has 1 aliphatic rings. The van der Waals surface area contributed by atoms with Crippen LogP contribution < -0.4 is 5.84 Å². The first-order valence-corrected chi connectivity index (χ1v) is 7.34. The Bertz CT molecular complexity index is 426. The van der Waals surface area contributed by atoms with Crippen molar-refractivity contribution in [2.45, 2.75) is 22.6 Å². The minimum absolute atomic E-state index is 0.864. The van der Waals surface area contributed by atoms with Crippen molar-refractivity contribution >= 4 is 30.2 Å². The Hall–Kier alpha value is -0.810. The van der Waals surface area contributed by atoms with E-state index in [4.69, 9.17) is 5.84 Å². The molecule has 1 aliphatic heterocycles. The molecular formula is C12H17N3S2. The number of benzene rings is 1. The molecule has 3 nitrogen and oxygen atoms in total. The van der Waals surface area contributed by atoms with Crippen LogP contribution in [-0.2, 0) is 0 Å². The molecule has 0 saturated carbocycles. The Labute approximate surface area is 112 Å². The highest BCUT2D eigenvalue weighted by atomic mass is 32.2. The lowest BCUT2D eigenvalue weighted by molar-refractivity contribution is 0.517. The summed E-state index contributed by atoms with van der Waals surface area (Å²) in [4.78, 5) is 4.36. The standard InChI is InChI=1S/C12H17N3S2/c1-17-10-6-4-5-9(11(10)16)12(14-13)15-7-2-3-8-15/h4-6,16H,2-3,7-8,13H2,1H3/b14-12-. The van der Waals surface area contributed by atoms with Gasteiger partial charge in [-0.25, -0.2) is 0 Å². The molecule has 0 aliphatic carbocycles. The van der Waals surface area contributed by atoms with Crippen LogP contribution in [0.3, 0.4) is 0 Å². The highest BCUT2D eigenvalue weighted by Crippen LogP contribution is 2.28. The van der Waals surface area contributed by atoms with Crippen LogP contribution in [0.15, 0.2) is 33.1 Å². The average Bonchev–Trinajstić information content (AvgIpc) is 2.86. The van der Waals surface area contributed by atoms with Crippen LogP contribution in [0, 0.1) is 0 Å². The summed E-state index contributed by atoms with van der Waals surface area (Å²) in [7, 11) is 0. The second kappa shape index (κ2) is 5.69. The van der Waals surface area contributed by atoms with Crippen molar-refractivity contribution in [3.63, 3.8) is 0 Å². The lowest BCUT2D eigenvalue weighted by atomic mass is 10.2. The summed E-state index contributed by atoms with van der Waals surface area (Å²) >= 11 is 6.28. The van der Waals surface area contributed by atoms with E-state index in [1.807, 2.05) is 18.4 Å². The van der Waals surface area contributed by atoms with Crippen LogP contribution in [0.1, 0.15) is 18.4 Å². The number of likely N-dealkylation sites (tertiary alicyclic amines) is 1. The highest BCUT2D eigenvalue weighted by Gasteiger charge is 2.20. The zero-order valence-electron chi connectivity index (χ0n) is 9.89. The van der Waals surface area contributed by atoms with E-state index in [1.54, 1.807) is 11.8 Å². The first-order valence-electron chi connectivity index (χ1n) is 5.67. The molecule has 0 unspecified atom stereocenters. The Morgan fingerprint density at radius 1 is 1.41 bits per heavy atom. The van der Waals surface area contributed by atoms with E-state index < -0.39 is 0 Å². The Morgan fingerprint density at radius 3 is 2.71 bits per heavy atom. The SMILES string of the molecule is CSc1cccc(/C(=N/N)N2CCCC2)c1S. The molecular weight excluding hydrogens is 250 g/mol. The molecule has 5 heteroatoms. The molecule has 0 bridgehead atoms. The molecule has 0 spiro atoms. The van der Waals surface area contributed by atoms with E-state index >= 15 is 0 Å². The van der Waals surface area contributed by atoms with E-state index in [1.165, 1.54) is 12.8 Å². The summed E-state index contributed by atoms with van der Waals surface area (Å²) in [6, 6.07) is 6.13. The van der Waals surface area contributed by atoms with Crippen LogP contribution in [-0.4, -0.2) is 30.1 Å². The summed E-state index contributed by atoms with van der Waals surface area (Å²) in [5.41, 5.74) is 1.03. The number of hydrazone groups is 1. The fourth-order valence-electron chi connectivity index (χ4n) is 2.12. The quantitative estimate of drug-likeness (QED) is 0.216. The molecule has 2 N–H and O–H groups in total. The lowest BCUT2D eigenvalue weighted by Gasteiger charge is -2.21. The van der Waals surface area contributed by atoms with Gasteiger partial charge in [0, 0.05) is 28.4 Å². The fourth-order valence-corrected chi connectivity index (χ4v) is 3.16. The molecule has 1 fully saturated rings. The number of hydrogen-bond donors (Lipinski definition) is 2. The molecule has 0 atom stereocenters. The summed E-state index contributed by atoms with van der Waals surface area (Å²) in [5.74, 6) is 6.41. The van der Waals surface area contributed by atoms with Crippen LogP contribution in [0.5, 0.6) is 0 Å². The number of nitrogens with zero attached hydrogens (tertiary/aromatic N) is 2. The minimum atomic E-state index is 0.864. The van der Waals surface area contributed by atoms with Gasteiger partial charge in [0.1, 0.15) is 0 Å². The number of thiol groups is 1. The van der Waals surface area contributed by atoms with Crippen LogP contribution >= 0.6 is 24.4 Å². The summed E-state index contributed by atoms with van der Waals surface area (Å²) < 4.78 is 0. The summed E-state index contributed by atoms with van der Waals surface area (Å²) in [6.45, 7) is 2.07. The van der Waals surface area contributed by atoms with Gasteiger partial charge in [-0.15, -0.1) is 24.4 Å². The molecule has 0 aromatic heterocycles. The van der Waals surface area contributed by atoms with Gasteiger partial charge in [-0.2, -0.15) is 5.10 Å². The zero-order chi connectivity index (χ0) is 12.3. The third-order valence-corrected chi connectivity index (χ3v) is 4.40. The van der Waals surface area contributed by atoms with Crippen molar-refractivity contribution in [1.82, 2.24) is 4.90 Å². The first kappa shape index (κ1) is 12.6. The molecule has 0 amide bonds. The van der Waals surface area contributed by atoms with Gasteiger partial charge < -0.3 is 10.7 Å². The fraction of sp³-hybridized carbons (Fsp3) is 0.417. The molecule has 1 saturated heterocycles. The van der Waals surface area contributed by atoms with Crippen molar-refractivity contribution in [2.24, 2.45) is 10.9 Å². The molecule has 2 rings (SSSR count). The van der Waals surface area contributed by atoms with Gasteiger partial charge in [0.2, 0.25) is 0 Å². The largest absolute Gasteiger partial charge is 0.355 e. The minimum Gasteiger partial charge on any atom is -0.355 e. The average molecular weight is 267 g/mol. The zero-order valence-corrected chi connectivity index (χ0v) is 11.6. The molecule has 1 aromatic carbocycles. The summed E-state index contributed by atoms with van der Waals surface area (Å²) in [6.07, 6.45) is 4.47. The van der Waals surface area contributed by atoms with Gasteiger partial charge in [-0.3, -0.25) is 0 Å². The van der Waals surface area contributed by atoms with E-state index in [-0.39, 0.29) is 0 Å². The monoisotopic (exact) mass is 267 g/mol. The Morgan fingerprint density at radius 2 is 2.12 bits per heavy atom. The van der Waals surface area contributed by atoms with Crippen molar-refractivity contribution in [1.29, 1.82) is 0 Å². The highest BCUT2D eigenvalue weighted by molar-refractivity contribution is 7.99. The maximum absolute atomic E-state index is 5.55. The molecule has 1 aromatic rings. The predicted molar refractivity (Wildman–Crippen MR) is 77.0 cm³/mol. The first-order chi connectivity index (χ1) is 8.27. The number of nitrogens with two attached hydrogens (primary N) is 1. The number of thioether (sulfide) groups is 1. The number of hydrogen-bond acceptors (Lipinski definition) is 4. The maximum atomic E-state index is 5.55. The van der Waals surface area contributed by atoms with Crippen LogP contribution in [0.4, 0.5) is 0 Å². The van der Waals surface area contributed by atoms with Crippen molar-refractivity contribution < 1.29 is 0 Å². The van der Waals surface area contributed by atoms with Gasteiger partial charge in [-0.1, -0.05) is 6.07 Å². The van der Waals surface area contributed by atoms with E-state index in [2.05, 4.69) is 28.7 Å². The normalized spacial score (nSPS) is 16.6. The van der Waals surface area contributed by atoms with Gasteiger partial charge in [-0.05, 0) is 31.2 Å². The van der Waals surface area contributed by atoms with Gasteiger partial charge in [0.15, 0.2) is 5.84 Å². The molecule has 17 heavy (non-hydrogen) atoms. The maximum Gasteiger partial charge on any atom is 0.156 e. The van der Waals surface area contributed by atoms with Crippen LogP contribution in [0.2, 0.25) is 0 Å². The predicted octanol–water partition coefficient (Wildman–Crippen LogP) is 2.41. The molecule has 92 valence electrons.